The fourth-order valence-corrected chi connectivity index (χ4v) is 1.49. The van der Waals surface area contributed by atoms with Crippen LogP contribution in [0.2, 0.25) is 0 Å². The van der Waals surface area contributed by atoms with Crippen molar-refractivity contribution >= 4 is 11.8 Å². The van der Waals surface area contributed by atoms with Gasteiger partial charge in [0, 0.05) is 14.2 Å². The van der Waals surface area contributed by atoms with E-state index >= 15 is 0 Å². The molecule has 0 spiro atoms. The standard InChI is InChI=1S/C12H20O3/c1-8-7-9(13)5-6-10(8)15-11(14)12(2,3)4/h8,10H,5-7H2,1-4H3/t8-,10-/m1/s1/i5T/t5-,8-,10-. The Morgan fingerprint density at radius 1 is 1.53 bits per heavy atom. The third-order valence-corrected chi connectivity index (χ3v) is 2.61. The first kappa shape index (κ1) is 10.7. The zero-order valence-electron chi connectivity index (χ0n) is 10.9. The summed E-state index contributed by atoms with van der Waals surface area (Å²) in [6.07, 6.45) is -0.334. The number of carbonyl (C=O) groups excluding carboxylic acids is 2. The van der Waals surface area contributed by atoms with Crippen LogP contribution in [0.25, 0.3) is 0 Å². The van der Waals surface area contributed by atoms with E-state index in [9.17, 15) is 9.59 Å². The maximum absolute atomic E-state index is 11.7. The smallest absolute Gasteiger partial charge is 0.311 e. The first-order valence-electron chi connectivity index (χ1n) is 5.95. The van der Waals surface area contributed by atoms with Gasteiger partial charge in [0.15, 0.2) is 0 Å². The van der Waals surface area contributed by atoms with Crippen molar-refractivity contribution in [3.8, 4) is 0 Å². The van der Waals surface area contributed by atoms with Gasteiger partial charge in [-0.05, 0) is 33.1 Å². The third kappa shape index (κ3) is 3.33. The molecule has 0 aromatic carbocycles. The molecule has 0 saturated heterocycles. The van der Waals surface area contributed by atoms with E-state index in [-0.39, 0.29) is 23.8 Å². The van der Waals surface area contributed by atoms with Gasteiger partial charge >= 0.3 is 5.97 Å². The zero-order chi connectivity index (χ0) is 12.5. The maximum atomic E-state index is 11.7. The Hall–Kier alpha value is -0.860. The summed E-state index contributed by atoms with van der Waals surface area (Å²) in [7, 11) is 0. The Kier molecular flexibility index (Phi) is 3.08. The molecule has 0 radical (unpaired) electrons. The van der Waals surface area contributed by atoms with Gasteiger partial charge in [0.05, 0.1) is 5.41 Å². The summed E-state index contributed by atoms with van der Waals surface area (Å²) in [5, 5.41) is 0. The second-order valence-electron chi connectivity index (χ2n) is 5.28. The lowest BCUT2D eigenvalue weighted by atomic mass is 9.86. The fourth-order valence-electron chi connectivity index (χ4n) is 1.49. The maximum Gasteiger partial charge on any atom is 0.311 e. The highest BCUT2D eigenvalue weighted by atomic mass is 16.5. The molecule has 1 aliphatic rings. The molecular formula is C12H20O3. The van der Waals surface area contributed by atoms with Crippen molar-refractivity contribution in [1.29, 1.82) is 0 Å². The van der Waals surface area contributed by atoms with Gasteiger partial charge in [-0.3, -0.25) is 9.59 Å². The number of Topliss-reactive ketones (excluding diaryl/α,β-unsaturated/α-hetero) is 1. The molecule has 86 valence electrons. The molecule has 0 aromatic rings. The van der Waals surface area contributed by atoms with Gasteiger partial charge in [-0.25, -0.2) is 0 Å². The van der Waals surface area contributed by atoms with Crippen molar-refractivity contribution in [3.05, 3.63) is 0 Å². The van der Waals surface area contributed by atoms with Crippen molar-refractivity contribution in [2.75, 3.05) is 0 Å². The molecule has 3 heteroatoms. The number of esters is 1. The number of ether oxygens (including phenoxy) is 1. The number of hydrogen-bond donors (Lipinski definition) is 0. The molecular weight excluding hydrogens is 192 g/mol. The first-order valence-corrected chi connectivity index (χ1v) is 5.38. The van der Waals surface area contributed by atoms with Gasteiger partial charge in [-0.1, -0.05) is 6.92 Å². The summed E-state index contributed by atoms with van der Waals surface area (Å²) in [4.78, 5) is 23.0. The lowest BCUT2D eigenvalue weighted by Gasteiger charge is -2.30. The van der Waals surface area contributed by atoms with Crippen LogP contribution in [0.15, 0.2) is 0 Å². The van der Waals surface area contributed by atoms with E-state index in [0.717, 1.165) is 0 Å². The van der Waals surface area contributed by atoms with Crippen LogP contribution in [0.4, 0.5) is 0 Å². The molecule has 0 unspecified atom stereocenters. The highest BCUT2D eigenvalue weighted by molar-refractivity contribution is 5.80. The lowest BCUT2D eigenvalue weighted by molar-refractivity contribution is -0.164. The summed E-state index contributed by atoms with van der Waals surface area (Å²) in [6.45, 7) is 7.29. The topological polar surface area (TPSA) is 43.4 Å². The Balaban J connectivity index is 2.61. The number of hydrogen-bond acceptors (Lipinski definition) is 3. The quantitative estimate of drug-likeness (QED) is 0.629. The average Bonchev–Trinajstić information content (AvgIpc) is 2.12. The molecule has 15 heavy (non-hydrogen) atoms. The Labute approximate surface area is 92.6 Å². The largest absolute Gasteiger partial charge is 0.462 e. The van der Waals surface area contributed by atoms with E-state index in [1.807, 2.05) is 6.92 Å². The van der Waals surface area contributed by atoms with Crippen LogP contribution >= 0.6 is 0 Å². The predicted molar refractivity (Wildman–Crippen MR) is 57.4 cm³/mol. The van der Waals surface area contributed by atoms with Crippen LogP contribution in [0, 0.1) is 11.3 Å². The highest BCUT2D eigenvalue weighted by Crippen LogP contribution is 2.27. The van der Waals surface area contributed by atoms with E-state index in [1.165, 1.54) is 0 Å². The van der Waals surface area contributed by atoms with Crippen LogP contribution in [-0.4, -0.2) is 17.9 Å². The summed E-state index contributed by atoms with van der Waals surface area (Å²) in [5.74, 6) is -0.276. The van der Waals surface area contributed by atoms with E-state index in [4.69, 9.17) is 6.11 Å². The van der Waals surface area contributed by atoms with Gasteiger partial charge in [-0.15, -0.1) is 0 Å². The Morgan fingerprint density at radius 3 is 2.67 bits per heavy atom. The molecule has 0 heterocycles. The monoisotopic (exact) mass is 214 g/mol. The van der Waals surface area contributed by atoms with E-state index in [0.29, 0.717) is 12.8 Å². The van der Waals surface area contributed by atoms with Gasteiger partial charge in [0.2, 0.25) is 0 Å². The van der Waals surface area contributed by atoms with Gasteiger partial charge in [0.25, 0.3) is 0 Å². The van der Waals surface area contributed by atoms with Crippen molar-refractivity contribution < 1.29 is 15.7 Å². The van der Waals surface area contributed by atoms with E-state index in [1.54, 1.807) is 20.8 Å². The predicted octanol–water partition coefficient (Wildman–Crippen LogP) is 2.33. The van der Waals surface area contributed by atoms with Gasteiger partial charge in [-0.2, -0.15) is 0 Å². The SMILES string of the molecule is [3H][C@@H]1C[C@@H](OC(=O)C(C)(C)C)[C@H](C)CC1=O. The minimum absolute atomic E-state index is 0.0281. The van der Waals surface area contributed by atoms with E-state index < -0.39 is 11.8 Å². The molecule has 1 rings (SSSR count). The van der Waals surface area contributed by atoms with Crippen molar-refractivity contribution in [1.82, 2.24) is 0 Å². The molecule has 1 aliphatic carbocycles. The molecule has 3 nitrogen and oxygen atoms in total. The number of carbonyl (C=O) groups is 2. The minimum atomic E-state index is -0.728. The van der Waals surface area contributed by atoms with Gasteiger partial charge < -0.3 is 4.74 Å². The van der Waals surface area contributed by atoms with Crippen LogP contribution in [-0.2, 0) is 14.3 Å². The number of rotatable bonds is 1. The summed E-state index contributed by atoms with van der Waals surface area (Å²) >= 11 is 0. The third-order valence-electron chi connectivity index (χ3n) is 2.61. The summed E-state index contributed by atoms with van der Waals surface area (Å²) in [5.41, 5.74) is -0.529. The van der Waals surface area contributed by atoms with Crippen LogP contribution < -0.4 is 0 Å². The second kappa shape index (κ2) is 4.33. The molecule has 0 aromatic heterocycles. The van der Waals surface area contributed by atoms with Crippen LogP contribution in [0.3, 0.4) is 0 Å². The minimum Gasteiger partial charge on any atom is -0.462 e. The normalized spacial score (nSPS) is 33.5. The summed E-state index contributed by atoms with van der Waals surface area (Å²) < 4.78 is 12.9. The molecule has 0 bridgehead atoms. The Bertz CT molecular complexity index is 293. The zero-order valence-corrected chi connectivity index (χ0v) is 9.87. The second-order valence-corrected chi connectivity index (χ2v) is 5.28. The number of ketones is 1. The van der Waals surface area contributed by atoms with Crippen LogP contribution in [0.5, 0.6) is 0 Å². The summed E-state index contributed by atoms with van der Waals surface area (Å²) in [6, 6.07) is 0. The molecule has 1 saturated carbocycles. The molecule has 0 amide bonds. The molecule has 3 atom stereocenters. The van der Waals surface area contributed by atoms with Gasteiger partial charge in [0.1, 0.15) is 11.9 Å². The molecule has 0 aliphatic heterocycles. The molecule has 1 fully saturated rings. The van der Waals surface area contributed by atoms with Crippen molar-refractivity contribution in [2.24, 2.45) is 11.3 Å². The average molecular weight is 214 g/mol. The van der Waals surface area contributed by atoms with Crippen molar-refractivity contribution in [3.63, 3.8) is 0 Å². The molecule has 0 N–H and O–H groups in total. The Morgan fingerprint density at radius 2 is 2.13 bits per heavy atom. The van der Waals surface area contributed by atoms with Crippen LogP contribution in [0.1, 0.15) is 48.3 Å². The highest BCUT2D eigenvalue weighted by Gasteiger charge is 2.32. The van der Waals surface area contributed by atoms with E-state index in [2.05, 4.69) is 0 Å². The fraction of sp³-hybridized carbons (Fsp3) is 0.833. The van der Waals surface area contributed by atoms with Crippen molar-refractivity contribution in [2.45, 2.75) is 53.0 Å². The lowest BCUT2D eigenvalue weighted by Crippen LogP contribution is -2.35. The first-order chi connectivity index (χ1) is 7.21.